The molecular formula is C20H17F3N2OS. The molecule has 0 spiro atoms. The molecule has 1 amide bonds. The molecule has 0 saturated heterocycles. The summed E-state index contributed by atoms with van der Waals surface area (Å²) in [5.41, 5.74) is 0.606. The molecular weight excluding hydrogens is 373 g/mol. The third kappa shape index (κ3) is 4.54. The van der Waals surface area contributed by atoms with Gasteiger partial charge in [0.05, 0.1) is 21.8 Å². The van der Waals surface area contributed by atoms with Gasteiger partial charge in [0.2, 0.25) is 0 Å². The second-order valence-corrected chi connectivity index (χ2v) is 7.22. The third-order valence-electron chi connectivity index (χ3n) is 3.99. The molecule has 27 heavy (non-hydrogen) atoms. The topological polar surface area (TPSA) is 42.0 Å². The lowest BCUT2D eigenvalue weighted by atomic mass is 10.1. The number of aryl methyl sites for hydroxylation is 1. The number of thiazole rings is 1. The minimum absolute atomic E-state index is 0.214. The van der Waals surface area contributed by atoms with Gasteiger partial charge in [-0.2, -0.15) is 13.2 Å². The standard InChI is InChI=1S/C20H17F3N2OS/c1-13-18(14-7-3-2-4-8-14)25-17(27-13)11-12-24-19(26)15-9-5-6-10-16(15)20(21,22)23/h2-10H,11-12H2,1H3,(H,24,26). The number of nitrogens with zero attached hydrogens (tertiary/aromatic N) is 1. The number of benzene rings is 2. The fourth-order valence-electron chi connectivity index (χ4n) is 2.73. The van der Waals surface area contributed by atoms with Gasteiger partial charge in [0.1, 0.15) is 0 Å². The number of carbonyl (C=O) groups excluding carboxylic acids is 1. The number of alkyl halides is 3. The van der Waals surface area contributed by atoms with Gasteiger partial charge in [-0.3, -0.25) is 4.79 Å². The Balaban J connectivity index is 1.65. The molecule has 1 N–H and O–H groups in total. The van der Waals surface area contributed by atoms with Gasteiger partial charge in [0, 0.05) is 23.4 Å². The molecule has 0 aliphatic carbocycles. The molecule has 0 fully saturated rings. The first-order valence-electron chi connectivity index (χ1n) is 8.32. The van der Waals surface area contributed by atoms with Gasteiger partial charge in [-0.15, -0.1) is 11.3 Å². The molecule has 2 aromatic carbocycles. The van der Waals surface area contributed by atoms with E-state index < -0.39 is 17.6 Å². The Labute approximate surface area is 158 Å². The average Bonchev–Trinajstić information content (AvgIpc) is 3.02. The van der Waals surface area contributed by atoms with Crippen molar-refractivity contribution in [3.8, 4) is 11.3 Å². The van der Waals surface area contributed by atoms with Gasteiger partial charge in [0.15, 0.2) is 0 Å². The number of rotatable bonds is 5. The van der Waals surface area contributed by atoms with Crippen LogP contribution in [0, 0.1) is 6.92 Å². The molecule has 140 valence electrons. The zero-order chi connectivity index (χ0) is 19.4. The van der Waals surface area contributed by atoms with Crippen LogP contribution in [0.2, 0.25) is 0 Å². The summed E-state index contributed by atoms with van der Waals surface area (Å²) in [4.78, 5) is 17.8. The van der Waals surface area contributed by atoms with Crippen molar-refractivity contribution in [3.05, 3.63) is 75.6 Å². The van der Waals surface area contributed by atoms with Crippen LogP contribution >= 0.6 is 11.3 Å². The van der Waals surface area contributed by atoms with E-state index in [1.165, 1.54) is 29.5 Å². The second-order valence-electron chi connectivity index (χ2n) is 5.93. The predicted molar refractivity (Wildman–Crippen MR) is 99.8 cm³/mol. The summed E-state index contributed by atoms with van der Waals surface area (Å²) in [6, 6.07) is 14.5. The molecule has 0 bridgehead atoms. The van der Waals surface area contributed by atoms with E-state index in [1.54, 1.807) is 0 Å². The first-order valence-corrected chi connectivity index (χ1v) is 9.14. The van der Waals surface area contributed by atoms with E-state index >= 15 is 0 Å². The molecule has 1 aromatic heterocycles. The predicted octanol–water partition coefficient (Wildman–Crippen LogP) is 5.11. The van der Waals surface area contributed by atoms with Gasteiger partial charge in [-0.1, -0.05) is 42.5 Å². The van der Waals surface area contributed by atoms with E-state index in [1.807, 2.05) is 37.3 Å². The van der Waals surface area contributed by atoms with E-state index in [4.69, 9.17) is 0 Å². The molecule has 0 atom stereocenters. The Kier molecular flexibility index (Phi) is 5.60. The van der Waals surface area contributed by atoms with Crippen LogP contribution in [-0.2, 0) is 12.6 Å². The fourth-order valence-corrected chi connectivity index (χ4v) is 3.68. The highest BCUT2D eigenvalue weighted by Gasteiger charge is 2.34. The summed E-state index contributed by atoms with van der Waals surface area (Å²) >= 11 is 1.52. The highest BCUT2D eigenvalue weighted by Crippen LogP contribution is 2.32. The maximum Gasteiger partial charge on any atom is 0.417 e. The highest BCUT2D eigenvalue weighted by molar-refractivity contribution is 7.12. The molecule has 3 aromatic rings. The van der Waals surface area contributed by atoms with Crippen LogP contribution in [-0.4, -0.2) is 17.4 Å². The summed E-state index contributed by atoms with van der Waals surface area (Å²) in [6.07, 6.45) is -4.11. The van der Waals surface area contributed by atoms with Gasteiger partial charge < -0.3 is 5.32 Å². The number of carbonyl (C=O) groups is 1. The van der Waals surface area contributed by atoms with Crippen LogP contribution in [0.25, 0.3) is 11.3 Å². The van der Waals surface area contributed by atoms with Crippen LogP contribution in [0.4, 0.5) is 13.2 Å². The van der Waals surface area contributed by atoms with Crippen LogP contribution in [0.5, 0.6) is 0 Å². The van der Waals surface area contributed by atoms with Crippen molar-refractivity contribution in [1.82, 2.24) is 10.3 Å². The molecule has 1 heterocycles. The van der Waals surface area contributed by atoms with E-state index in [2.05, 4.69) is 10.3 Å². The summed E-state index contributed by atoms with van der Waals surface area (Å²) < 4.78 is 39.0. The molecule has 0 radical (unpaired) electrons. The lowest BCUT2D eigenvalue weighted by Gasteiger charge is -2.12. The van der Waals surface area contributed by atoms with Crippen LogP contribution in [0.3, 0.4) is 0 Å². The molecule has 3 rings (SSSR count). The van der Waals surface area contributed by atoms with Gasteiger partial charge >= 0.3 is 6.18 Å². The van der Waals surface area contributed by atoms with Crippen molar-refractivity contribution in [2.24, 2.45) is 0 Å². The number of hydrogen-bond donors (Lipinski definition) is 1. The average molecular weight is 390 g/mol. The lowest BCUT2D eigenvalue weighted by molar-refractivity contribution is -0.137. The molecule has 0 aliphatic rings. The minimum Gasteiger partial charge on any atom is -0.352 e. The van der Waals surface area contributed by atoms with Crippen molar-refractivity contribution in [2.75, 3.05) is 6.54 Å². The number of halogens is 3. The van der Waals surface area contributed by atoms with Crippen molar-refractivity contribution in [1.29, 1.82) is 0 Å². The Bertz CT molecular complexity index is 936. The lowest BCUT2D eigenvalue weighted by Crippen LogP contribution is -2.28. The molecule has 7 heteroatoms. The maximum atomic E-state index is 13.0. The zero-order valence-electron chi connectivity index (χ0n) is 14.5. The van der Waals surface area contributed by atoms with Gasteiger partial charge in [-0.05, 0) is 19.1 Å². The van der Waals surface area contributed by atoms with Crippen molar-refractivity contribution in [3.63, 3.8) is 0 Å². The van der Waals surface area contributed by atoms with Crippen molar-refractivity contribution < 1.29 is 18.0 Å². The van der Waals surface area contributed by atoms with Gasteiger partial charge in [0.25, 0.3) is 5.91 Å². The largest absolute Gasteiger partial charge is 0.417 e. The highest BCUT2D eigenvalue weighted by atomic mass is 32.1. The Morgan fingerprint density at radius 3 is 2.44 bits per heavy atom. The van der Waals surface area contributed by atoms with E-state index in [9.17, 15) is 18.0 Å². The monoisotopic (exact) mass is 390 g/mol. The van der Waals surface area contributed by atoms with Crippen molar-refractivity contribution >= 4 is 17.2 Å². The van der Waals surface area contributed by atoms with E-state index in [-0.39, 0.29) is 12.1 Å². The quantitative estimate of drug-likeness (QED) is 0.658. The van der Waals surface area contributed by atoms with Crippen molar-refractivity contribution in [2.45, 2.75) is 19.5 Å². The van der Waals surface area contributed by atoms with Crippen LogP contribution in [0.15, 0.2) is 54.6 Å². The summed E-state index contributed by atoms with van der Waals surface area (Å²) in [5.74, 6) is -0.737. The Morgan fingerprint density at radius 1 is 1.07 bits per heavy atom. The number of hydrogen-bond acceptors (Lipinski definition) is 3. The minimum atomic E-state index is -4.56. The normalized spacial score (nSPS) is 11.4. The molecule has 3 nitrogen and oxygen atoms in total. The maximum absolute atomic E-state index is 13.0. The SMILES string of the molecule is Cc1sc(CCNC(=O)c2ccccc2C(F)(F)F)nc1-c1ccccc1. The third-order valence-corrected chi connectivity index (χ3v) is 5.02. The Hall–Kier alpha value is -2.67. The first kappa shape index (κ1) is 19.1. The second kappa shape index (κ2) is 7.92. The first-order chi connectivity index (χ1) is 12.9. The molecule has 0 unspecified atom stereocenters. The zero-order valence-corrected chi connectivity index (χ0v) is 15.3. The number of aromatic nitrogens is 1. The molecule has 0 saturated carbocycles. The van der Waals surface area contributed by atoms with Gasteiger partial charge in [-0.25, -0.2) is 4.98 Å². The summed E-state index contributed by atoms with van der Waals surface area (Å²) in [6.45, 7) is 2.19. The van der Waals surface area contributed by atoms with Crippen LogP contribution in [0.1, 0.15) is 25.8 Å². The van der Waals surface area contributed by atoms with E-state index in [0.717, 1.165) is 27.2 Å². The van der Waals surface area contributed by atoms with Crippen LogP contribution < -0.4 is 5.32 Å². The summed E-state index contributed by atoms with van der Waals surface area (Å²) in [5, 5.41) is 3.39. The fraction of sp³-hybridized carbons (Fsp3) is 0.200. The Morgan fingerprint density at radius 2 is 1.74 bits per heavy atom. The summed E-state index contributed by atoms with van der Waals surface area (Å²) in [7, 11) is 0. The molecule has 0 aliphatic heterocycles. The van der Waals surface area contributed by atoms with E-state index in [0.29, 0.717) is 6.42 Å². The number of amides is 1. The number of nitrogens with one attached hydrogen (secondary N) is 1. The smallest absolute Gasteiger partial charge is 0.352 e.